The molecular formula is C10H15N5O. The van der Waals surface area contributed by atoms with Crippen LogP contribution in [-0.4, -0.2) is 31.4 Å². The molecule has 0 bridgehead atoms. The van der Waals surface area contributed by atoms with Gasteiger partial charge in [-0.05, 0) is 18.2 Å². The highest BCUT2D eigenvalue weighted by atomic mass is 16.3. The van der Waals surface area contributed by atoms with E-state index in [4.69, 9.17) is 11.1 Å². The van der Waals surface area contributed by atoms with Gasteiger partial charge in [0.2, 0.25) is 5.96 Å². The first-order valence-electron chi connectivity index (χ1n) is 4.64. The van der Waals surface area contributed by atoms with Crippen molar-refractivity contribution in [1.82, 2.24) is 5.43 Å². The summed E-state index contributed by atoms with van der Waals surface area (Å²) in [5.74, 6) is -0.0716. The third-order valence-corrected chi connectivity index (χ3v) is 1.88. The summed E-state index contributed by atoms with van der Waals surface area (Å²) < 4.78 is 0. The highest BCUT2D eigenvalue weighted by Crippen LogP contribution is 2.21. The van der Waals surface area contributed by atoms with Crippen LogP contribution in [0.5, 0.6) is 5.75 Å². The number of rotatable bonds is 3. The van der Waals surface area contributed by atoms with E-state index in [2.05, 4.69) is 10.5 Å². The van der Waals surface area contributed by atoms with Crippen LogP contribution >= 0.6 is 0 Å². The van der Waals surface area contributed by atoms with Crippen molar-refractivity contribution in [3.8, 4) is 5.75 Å². The fourth-order valence-electron chi connectivity index (χ4n) is 1.22. The monoisotopic (exact) mass is 221 g/mol. The fourth-order valence-corrected chi connectivity index (χ4v) is 1.22. The molecule has 1 rings (SSSR count). The molecule has 0 heterocycles. The molecule has 0 saturated carbocycles. The zero-order chi connectivity index (χ0) is 12.1. The van der Waals surface area contributed by atoms with E-state index in [-0.39, 0.29) is 11.7 Å². The van der Waals surface area contributed by atoms with Crippen molar-refractivity contribution in [3.63, 3.8) is 0 Å². The lowest BCUT2D eigenvalue weighted by atomic mass is 10.1. The normalized spacial score (nSPS) is 10.4. The van der Waals surface area contributed by atoms with Crippen LogP contribution in [0.2, 0.25) is 0 Å². The Morgan fingerprint density at radius 1 is 1.56 bits per heavy atom. The maximum atomic E-state index is 9.36. The van der Waals surface area contributed by atoms with Crippen molar-refractivity contribution < 1.29 is 5.11 Å². The number of nitrogens with zero attached hydrogens (tertiary/aromatic N) is 2. The molecular weight excluding hydrogens is 206 g/mol. The quantitative estimate of drug-likeness (QED) is 0.334. The number of hydrogen-bond acceptors (Lipinski definition) is 4. The van der Waals surface area contributed by atoms with Crippen LogP contribution in [0.3, 0.4) is 0 Å². The lowest BCUT2D eigenvalue weighted by molar-refractivity contribution is 0.475. The van der Waals surface area contributed by atoms with Gasteiger partial charge in [0.25, 0.3) is 0 Å². The van der Waals surface area contributed by atoms with Crippen molar-refractivity contribution in [1.29, 1.82) is 5.41 Å². The molecule has 0 unspecified atom stereocenters. The maximum Gasteiger partial charge on any atom is 0.206 e. The van der Waals surface area contributed by atoms with Gasteiger partial charge in [-0.3, -0.25) is 5.41 Å². The summed E-state index contributed by atoms with van der Waals surface area (Å²) in [5.41, 5.74) is 9.04. The van der Waals surface area contributed by atoms with Crippen LogP contribution in [0.15, 0.2) is 23.3 Å². The van der Waals surface area contributed by atoms with Crippen molar-refractivity contribution in [2.45, 2.75) is 0 Å². The second kappa shape index (κ2) is 5.01. The molecule has 0 spiro atoms. The molecule has 6 heteroatoms. The summed E-state index contributed by atoms with van der Waals surface area (Å²) in [4.78, 5) is 1.90. The minimum absolute atomic E-state index is 0.162. The van der Waals surface area contributed by atoms with E-state index >= 15 is 0 Å². The molecule has 0 atom stereocenters. The Morgan fingerprint density at radius 3 is 2.81 bits per heavy atom. The second-order valence-corrected chi connectivity index (χ2v) is 3.42. The number of hydrogen-bond donors (Lipinski definition) is 4. The largest absolute Gasteiger partial charge is 0.508 e. The van der Waals surface area contributed by atoms with E-state index in [0.717, 1.165) is 11.3 Å². The van der Waals surface area contributed by atoms with Gasteiger partial charge in [-0.25, -0.2) is 5.43 Å². The molecule has 0 amide bonds. The number of anilines is 1. The van der Waals surface area contributed by atoms with E-state index in [1.165, 1.54) is 6.21 Å². The van der Waals surface area contributed by atoms with Gasteiger partial charge in [-0.2, -0.15) is 5.10 Å². The molecule has 0 aliphatic rings. The van der Waals surface area contributed by atoms with E-state index in [0.29, 0.717) is 0 Å². The van der Waals surface area contributed by atoms with Crippen LogP contribution in [0, 0.1) is 5.41 Å². The predicted molar refractivity (Wildman–Crippen MR) is 65.1 cm³/mol. The molecule has 1 aromatic rings. The molecule has 5 N–H and O–H groups in total. The molecule has 16 heavy (non-hydrogen) atoms. The number of phenols is 1. The van der Waals surface area contributed by atoms with Crippen LogP contribution in [-0.2, 0) is 0 Å². The molecule has 0 radical (unpaired) electrons. The first-order valence-corrected chi connectivity index (χ1v) is 4.64. The number of nitrogens with two attached hydrogens (primary N) is 1. The zero-order valence-corrected chi connectivity index (χ0v) is 9.23. The van der Waals surface area contributed by atoms with Crippen LogP contribution < -0.4 is 16.1 Å². The highest BCUT2D eigenvalue weighted by molar-refractivity contribution is 5.89. The zero-order valence-electron chi connectivity index (χ0n) is 9.23. The Bertz CT molecular complexity index is 414. The van der Waals surface area contributed by atoms with E-state index < -0.39 is 0 Å². The summed E-state index contributed by atoms with van der Waals surface area (Å²) in [6, 6.07) is 4.97. The Kier molecular flexibility index (Phi) is 3.71. The molecule has 0 aliphatic heterocycles. The van der Waals surface area contributed by atoms with Gasteiger partial charge >= 0.3 is 0 Å². The van der Waals surface area contributed by atoms with Gasteiger partial charge < -0.3 is 15.7 Å². The minimum Gasteiger partial charge on any atom is -0.508 e. The topological polar surface area (TPSA) is 97.7 Å². The summed E-state index contributed by atoms with van der Waals surface area (Å²) in [6.45, 7) is 0. The van der Waals surface area contributed by atoms with Crippen molar-refractivity contribution in [3.05, 3.63) is 23.8 Å². The smallest absolute Gasteiger partial charge is 0.206 e. The van der Waals surface area contributed by atoms with E-state index in [1.54, 1.807) is 18.2 Å². The lowest BCUT2D eigenvalue weighted by Crippen LogP contribution is -2.25. The van der Waals surface area contributed by atoms with Crippen LogP contribution in [0.4, 0.5) is 5.69 Å². The average molecular weight is 221 g/mol. The van der Waals surface area contributed by atoms with Gasteiger partial charge in [-0.15, -0.1) is 0 Å². The van der Waals surface area contributed by atoms with E-state index in [1.807, 2.05) is 19.0 Å². The first kappa shape index (κ1) is 11.8. The first-order chi connectivity index (χ1) is 7.50. The number of phenolic OH excluding ortho intramolecular Hbond substituents is 1. The predicted octanol–water partition coefficient (Wildman–Crippen LogP) is 0.275. The van der Waals surface area contributed by atoms with Crippen LogP contribution in [0.1, 0.15) is 5.56 Å². The molecule has 6 nitrogen and oxygen atoms in total. The van der Waals surface area contributed by atoms with Crippen molar-refractivity contribution >= 4 is 17.9 Å². The second-order valence-electron chi connectivity index (χ2n) is 3.42. The third kappa shape index (κ3) is 3.16. The Balaban J connectivity index is 2.96. The molecule has 0 aromatic heterocycles. The summed E-state index contributed by atoms with van der Waals surface area (Å²) in [6.07, 6.45) is 1.50. The molecule has 0 saturated heterocycles. The number of benzene rings is 1. The van der Waals surface area contributed by atoms with Crippen molar-refractivity contribution in [2.24, 2.45) is 10.8 Å². The Labute approximate surface area is 93.9 Å². The summed E-state index contributed by atoms with van der Waals surface area (Å²) >= 11 is 0. The van der Waals surface area contributed by atoms with Gasteiger partial charge in [0, 0.05) is 25.3 Å². The van der Waals surface area contributed by atoms with E-state index in [9.17, 15) is 5.11 Å². The van der Waals surface area contributed by atoms with Gasteiger partial charge in [0.05, 0.1) is 6.21 Å². The Morgan fingerprint density at radius 2 is 2.25 bits per heavy atom. The van der Waals surface area contributed by atoms with Crippen molar-refractivity contribution in [2.75, 3.05) is 19.0 Å². The fraction of sp³-hybridized carbons (Fsp3) is 0.200. The minimum atomic E-state index is -0.234. The number of hydrazone groups is 1. The molecule has 1 aromatic carbocycles. The lowest BCUT2D eigenvalue weighted by Gasteiger charge is -2.15. The standard InChI is InChI=1S/C10H15N5O/c1-15(2)9-4-3-8(16)5-7(9)6-13-14-10(11)12/h3-6,16H,1-2H3,(H4,11,12,14)/b13-6+. The van der Waals surface area contributed by atoms with Gasteiger partial charge in [-0.1, -0.05) is 0 Å². The van der Waals surface area contributed by atoms with Gasteiger partial charge in [0.15, 0.2) is 0 Å². The number of nitrogens with one attached hydrogen (secondary N) is 2. The number of aromatic hydroxyl groups is 1. The molecule has 0 aliphatic carbocycles. The molecule has 86 valence electrons. The molecule has 0 fully saturated rings. The van der Waals surface area contributed by atoms with Crippen LogP contribution in [0.25, 0.3) is 0 Å². The summed E-state index contributed by atoms with van der Waals surface area (Å²) in [7, 11) is 3.78. The highest BCUT2D eigenvalue weighted by Gasteiger charge is 2.03. The van der Waals surface area contributed by atoms with Gasteiger partial charge in [0.1, 0.15) is 5.75 Å². The number of guanidine groups is 1. The Hall–Kier alpha value is -2.24. The third-order valence-electron chi connectivity index (χ3n) is 1.88. The maximum absolute atomic E-state index is 9.36. The SMILES string of the molecule is CN(C)c1ccc(O)cc1/C=N/NC(=N)N. The summed E-state index contributed by atoms with van der Waals surface area (Å²) in [5, 5.41) is 20.1. The average Bonchev–Trinajstić information content (AvgIpc) is 2.16.